The van der Waals surface area contributed by atoms with E-state index in [4.69, 9.17) is 4.74 Å². The number of pyridine rings is 1. The quantitative estimate of drug-likeness (QED) is 0.940. The van der Waals surface area contributed by atoms with E-state index in [0.717, 1.165) is 49.8 Å². The number of carbonyl (C=O) groups excluding carboxylic acids is 1. The molecule has 24 heavy (non-hydrogen) atoms. The minimum absolute atomic E-state index is 0.142. The number of anilines is 1. The van der Waals surface area contributed by atoms with Gasteiger partial charge >= 0.3 is 0 Å². The molecule has 1 amide bonds. The molecule has 1 saturated heterocycles. The normalized spacial score (nSPS) is 19.9. The monoisotopic (exact) mass is 326 g/mol. The number of aromatic amines is 1. The van der Waals surface area contributed by atoms with Gasteiger partial charge < -0.3 is 4.74 Å². The SMILES string of the molecule is COc1nc(N2CCC3(CCCCC3)C2=O)ccc1-c1cn[nH]c1. The highest BCUT2D eigenvalue weighted by molar-refractivity contribution is 5.99. The Morgan fingerprint density at radius 2 is 2.04 bits per heavy atom. The first kappa shape index (κ1) is 15.2. The fraction of sp³-hybridized carbons (Fsp3) is 0.500. The van der Waals surface area contributed by atoms with Crippen LogP contribution < -0.4 is 9.64 Å². The summed E-state index contributed by atoms with van der Waals surface area (Å²) in [4.78, 5) is 19.5. The van der Waals surface area contributed by atoms with Crippen LogP contribution in [0.1, 0.15) is 38.5 Å². The summed E-state index contributed by atoms with van der Waals surface area (Å²) in [6, 6.07) is 3.86. The summed E-state index contributed by atoms with van der Waals surface area (Å²) in [7, 11) is 1.60. The molecular formula is C18H22N4O2. The summed E-state index contributed by atoms with van der Waals surface area (Å²) in [5.41, 5.74) is 1.65. The first-order chi connectivity index (χ1) is 11.7. The standard InChI is InChI=1S/C18H22N4O2/c1-24-16-14(13-11-19-20-12-13)5-6-15(21-16)22-10-9-18(17(22)23)7-3-2-4-8-18/h5-6,11-12H,2-4,7-10H2,1H3,(H,19,20). The number of nitrogens with zero attached hydrogens (tertiary/aromatic N) is 3. The number of ether oxygens (including phenoxy) is 1. The van der Waals surface area contributed by atoms with Gasteiger partial charge in [0.1, 0.15) is 5.82 Å². The van der Waals surface area contributed by atoms with Crippen LogP contribution in [-0.2, 0) is 4.79 Å². The van der Waals surface area contributed by atoms with Crippen LogP contribution in [0.5, 0.6) is 5.88 Å². The van der Waals surface area contributed by atoms with Crippen LogP contribution >= 0.6 is 0 Å². The smallest absolute Gasteiger partial charge is 0.234 e. The Balaban J connectivity index is 1.64. The maximum absolute atomic E-state index is 13.0. The van der Waals surface area contributed by atoms with Crippen LogP contribution in [0.15, 0.2) is 24.5 Å². The summed E-state index contributed by atoms with van der Waals surface area (Å²) in [5.74, 6) is 1.45. The lowest BCUT2D eigenvalue weighted by Crippen LogP contribution is -2.36. The van der Waals surface area contributed by atoms with Gasteiger partial charge in [-0.1, -0.05) is 19.3 Å². The molecular weight excluding hydrogens is 304 g/mol. The highest BCUT2D eigenvalue weighted by Crippen LogP contribution is 2.46. The number of methoxy groups -OCH3 is 1. The van der Waals surface area contributed by atoms with Crippen molar-refractivity contribution in [1.29, 1.82) is 0 Å². The molecule has 1 aliphatic carbocycles. The molecule has 2 aliphatic rings. The van der Waals surface area contributed by atoms with Crippen molar-refractivity contribution in [3.8, 4) is 17.0 Å². The van der Waals surface area contributed by atoms with Crippen LogP contribution in [0.3, 0.4) is 0 Å². The van der Waals surface area contributed by atoms with E-state index in [0.29, 0.717) is 11.7 Å². The van der Waals surface area contributed by atoms with Gasteiger partial charge in [-0.15, -0.1) is 0 Å². The Bertz CT molecular complexity index is 735. The Labute approximate surface area is 141 Å². The van der Waals surface area contributed by atoms with Gasteiger partial charge in [-0.05, 0) is 31.4 Å². The topological polar surface area (TPSA) is 71.1 Å². The van der Waals surface area contributed by atoms with Crippen LogP contribution in [-0.4, -0.2) is 34.7 Å². The van der Waals surface area contributed by atoms with Gasteiger partial charge in [0.2, 0.25) is 11.8 Å². The number of hydrogen-bond donors (Lipinski definition) is 1. The van der Waals surface area contributed by atoms with Crippen LogP contribution in [0.4, 0.5) is 5.82 Å². The summed E-state index contributed by atoms with van der Waals surface area (Å²) >= 11 is 0. The van der Waals surface area contributed by atoms with E-state index in [2.05, 4.69) is 15.2 Å². The summed E-state index contributed by atoms with van der Waals surface area (Å²) < 4.78 is 5.45. The fourth-order valence-electron chi connectivity index (χ4n) is 4.09. The van der Waals surface area contributed by atoms with Crippen molar-refractivity contribution in [2.75, 3.05) is 18.6 Å². The molecule has 6 heteroatoms. The maximum atomic E-state index is 13.0. The molecule has 126 valence electrons. The predicted molar refractivity (Wildman–Crippen MR) is 90.9 cm³/mol. The van der Waals surface area contributed by atoms with Crippen LogP contribution in [0, 0.1) is 5.41 Å². The van der Waals surface area contributed by atoms with Crippen molar-refractivity contribution >= 4 is 11.7 Å². The molecule has 3 heterocycles. The lowest BCUT2D eigenvalue weighted by Gasteiger charge is -2.31. The molecule has 2 aromatic heterocycles. The number of aromatic nitrogens is 3. The second-order valence-electron chi connectivity index (χ2n) is 6.76. The van der Waals surface area contributed by atoms with Crippen LogP contribution in [0.25, 0.3) is 11.1 Å². The third-order valence-electron chi connectivity index (χ3n) is 5.45. The molecule has 1 saturated carbocycles. The Hall–Kier alpha value is -2.37. The molecule has 1 N–H and O–H groups in total. The largest absolute Gasteiger partial charge is 0.480 e. The van der Waals surface area contributed by atoms with Gasteiger partial charge in [0, 0.05) is 23.9 Å². The zero-order valence-corrected chi connectivity index (χ0v) is 13.9. The van der Waals surface area contributed by atoms with E-state index in [1.54, 1.807) is 19.5 Å². The van der Waals surface area contributed by atoms with E-state index in [1.807, 2.05) is 17.0 Å². The Morgan fingerprint density at radius 3 is 2.75 bits per heavy atom. The number of amides is 1. The van der Waals surface area contributed by atoms with Crippen LogP contribution in [0.2, 0.25) is 0 Å². The van der Waals surface area contributed by atoms with Gasteiger partial charge in [0.05, 0.1) is 18.7 Å². The number of carbonyl (C=O) groups is 1. The molecule has 0 atom stereocenters. The molecule has 0 aromatic carbocycles. The van der Waals surface area contributed by atoms with E-state index in [9.17, 15) is 4.79 Å². The molecule has 0 bridgehead atoms. The van der Waals surface area contributed by atoms with E-state index in [-0.39, 0.29) is 11.3 Å². The third kappa shape index (κ3) is 2.37. The minimum Gasteiger partial charge on any atom is -0.480 e. The predicted octanol–water partition coefficient (Wildman–Crippen LogP) is 3.17. The Kier molecular flexibility index (Phi) is 3.75. The number of hydrogen-bond acceptors (Lipinski definition) is 4. The maximum Gasteiger partial charge on any atom is 0.234 e. The van der Waals surface area contributed by atoms with Crippen molar-refractivity contribution in [2.24, 2.45) is 5.41 Å². The lowest BCUT2D eigenvalue weighted by molar-refractivity contribution is -0.127. The number of rotatable bonds is 3. The Morgan fingerprint density at radius 1 is 1.21 bits per heavy atom. The van der Waals surface area contributed by atoms with E-state index < -0.39 is 0 Å². The lowest BCUT2D eigenvalue weighted by atomic mass is 9.73. The number of nitrogens with one attached hydrogen (secondary N) is 1. The average molecular weight is 326 g/mol. The average Bonchev–Trinajstić information content (AvgIpc) is 3.25. The fourth-order valence-corrected chi connectivity index (χ4v) is 4.09. The molecule has 2 fully saturated rings. The highest BCUT2D eigenvalue weighted by atomic mass is 16.5. The van der Waals surface area contributed by atoms with Crippen molar-refractivity contribution in [1.82, 2.24) is 15.2 Å². The second-order valence-corrected chi connectivity index (χ2v) is 6.76. The molecule has 0 unspecified atom stereocenters. The third-order valence-corrected chi connectivity index (χ3v) is 5.45. The van der Waals surface area contributed by atoms with Gasteiger partial charge in [-0.25, -0.2) is 0 Å². The molecule has 2 aromatic rings. The summed E-state index contributed by atoms with van der Waals surface area (Å²) in [6.07, 6.45) is 10.1. The van der Waals surface area contributed by atoms with Gasteiger partial charge in [-0.3, -0.25) is 14.8 Å². The van der Waals surface area contributed by atoms with Gasteiger partial charge in [0.15, 0.2) is 0 Å². The molecule has 1 spiro atoms. The van der Waals surface area contributed by atoms with Gasteiger partial charge in [0.25, 0.3) is 0 Å². The summed E-state index contributed by atoms with van der Waals surface area (Å²) in [6.45, 7) is 0.750. The zero-order chi connectivity index (χ0) is 16.6. The molecule has 1 aliphatic heterocycles. The van der Waals surface area contributed by atoms with E-state index >= 15 is 0 Å². The number of H-pyrrole nitrogens is 1. The van der Waals surface area contributed by atoms with E-state index in [1.165, 1.54) is 6.42 Å². The van der Waals surface area contributed by atoms with Crippen molar-refractivity contribution in [3.63, 3.8) is 0 Å². The van der Waals surface area contributed by atoms with Crippen molar-refractivity contribution in [3.05, 3.63) is 24.5 Å². The van der Waals surface area contributed by atoms with Gasteiger partial charge in [-0.2, -0.15) is 10.1 Å². The minimum atomic E-state index is -0.142. The molecule has 0 radical (unpaired) electrons. The first-order valence-electron chi connectivity index (χ1n) is 8.60. The van der Waals surface area contributed by atoms with Crippen molar-refractivity contribution in [2.45, 2.75) is 38.5 Å². The first-order valence-corrected chi connectivity index (χ1v) is 8.60. The molecule has 6 nitrogen and oxygen atoms in total. The highest BCUT2D eigenvalue weighted by Gasteiger charge is 2.47. The summed E-state index contributed by atoms with van der Waals surface area (Å²) in [5, 5.41) is 6.77. The second kappa shape index (κ2) is 5.92. The molecule has 4 rings (SSSR count). The zero-order valence-electron chi connectivity index (χ0n) is 13.9. The van der Waals surface area contributed by atoms with Crippen molar-refractivity contribution < 1.29 is 9.53 Å².